The minimum absolute atomic E-state index is 0.108. The number of rotatable bonds is 3. The Balaban J connectivity index is 3.17. The third kappa shape index (κ3) is 2.85. The van der Waals surface area contributed by atoms with Gasteiger partial charge in [-0.1, -0.05) is 0 Å². The normalized spacial score (nSPS) is 11.1. The van der Waals surface area contributed by atoms with E-state index in [1.54, 1.807) is 0 Å². The van der Waals surface area contributed by atoms with Crippen molar-refractivity contribution in [3.8, 4) is 11.6 Å². The van der Waals surface area contributed by atoms with Gasteiger partial charge in [0, 0.05) is 11.6 Å². The van der Waals surface area contributed by atoms with Crippen LogP contribution in [0.4, 0.5) is 13.2 Å². The van der Waals surface area contributed by atoms with E-state index in [-0.39, 0.29) is 11.4 Å². The second kappa shape index (κ2) is 4.38. The van der Waals surface area contributed by atoms with E-state index >= 15 is 0 Å². The van der Waals surface area contributed by atoms with Crippen molar-refractivity contribution in [2.24, 2.45) is 0 Å². The second-order valence-corrected chi connectivity index (χ2v) is 2.84. The third-order valence-corrected chi connectivity index (χ3v) is 1.79. The number of ether oxygens (including phenoxy) is 2. The molecule has 0 spiro atoms. The lowest BCUT2D eigenvalue weighted by Crippen LogP contribution is -2.18. The number of carbonyl (C=O) groups excluding carboxylic acids is 1. The van der Waals surface area contributed by atoms with Gasteiger partial charge in [-0.2, -0.15) is 0 Å². The average Bonchev–Trinajstić information content (AvgIpc) is 2.18. The van der Waals surface area contributed by atoms with Crippen LogP contribution in [0.25, 0.3) is 0 Å². The number of halogens is 3. The summed E-state index contributed by atoms with van der Waals surface area (Å²) in [6.45, 7) is 1.51. The minimum atomic E-state index is -4.85. The van der Waals surface area contributed by atoms with E-state index in [4.69, 9.17) is 4.74 Å². The molecule has 0 saturated heterocycles. The summed E-state index contributed by atoms with van der Waals surface area (Å²) in [5.41, 5.74) is 0.200. The predicted molar refractivity (Wildman–Crippen MR) is 47.6 cm³/mol. The molecule has 0 aliphatic carbocycles. The Bertz CT molecular complexity index is 404. The number of alkyl halides is 3. The molecule has 0 fully saturated rings. The Morgan fingerprint density at radius 1 is 1.44 bits per heavy atom. The monoisotopic (exact) mass is 235 g/mol. The summed E-state index contributed by atoms with van der Waals surface area (Å²) >= 11 is 0. The summed E-state index contributed by atoms with van der Waals surface area (Å²) < 4.78 is 44.2. The Kier molecular flexibility index (Phi) is 3.36. The molecule has 0 amide bonds. The quantitative estimate of drug-likeness (QED) is 0.753. The Morgan fingerprint density at radius 2 is 2.06 bits per heavy atom. The van der Waals surface area contributed by atoms with Gasteiger partial charge in [-0.3, -0.25) is 4.79 Å². The fourth-order valence-electron chi connectivity index (χ4n) is 1.08. The molecule has 0 atom stereocenters. The molecular formula is C9H8F3NO3. The molecule has 0 N–H and O–H groups in total. The van der Waals surface area contributed by atoms with Crippen LogP contribution in [-0.4, -0.2) is 24.7 Å². The van der Waals surface area contributed by atoms with Gasteiger partial charge >= 0.3 is 6.36 Å². The molecule has 88 valence electrons. The average molecular weight is 235 g/mol. The maximum atomic E-state index is 11.9. The van der Waals surface area contributed by atoms with Crippen LogP contribution in [0, 0.1) is 6.92 Å². The van der Waals surface area contributed by atoms with Crippen molar-refractivity contribution >= 4 is 6.29 Å². The van der Waals surface area contributed by atoms with Crippen molar-refractivity contribution in [2.45, 2.75) is 13.3 Å². The van der Waals surface area contributed by atoms with Crippen LogP contribution in [-0.2, 0) is 0 Å². The highest BCUT2D eigenvalue weighted by molar-refractivity contribution is 5.76. The number of hydrogen-bond donors (Lipinski definition) is 0. The molecule has 1 heterocycles. The van der Waals surface area contributed by atoms with E-state index in [1.807, 2.05) is 0 Å². The SMILES string of the molecule is COc1cc(OC(F)(F)F)nc(C=O)c1C. The number of hydrogen-bond acceptors (Lipinski definition) is 4. The van der Waals surface area contributed by atoms with Crippen molar-refractivity contribution in [3.05, 3.63) is 17.3 Å². The molecule has 16 heavy (non-hydrogen) atoms. The molecule has 0 aliphatic heterocycles. The van der Waals surface area contributed by atoms with Gasteiger partial charge < -0.3 is 9.47 Å². The van der Waals surface area contributed by atoms with Crippen molar-refractivity contribution in [1.82, 2.24) is 4.98 Å². The lowest BCUT2D eigenvalue weighted by atomic mass is 10.2. The molecule has 0 radical (unpaired) electrons. The number of carbonyl (C=O) groups is 1. The maximum Gasteiger partial charge on any atom is 0.574 e. The fourth-order valence-corrected chi connectivity index (χ4v) is 1.08. The van der Waals surface area contributed by atoms with E-state index < -0.39 is 12.2 Å². The molecular weight excluding hydrogens is 227 g/mol. The molecule has 7 heteroatoms. The van der Waals surface area contributed by atoms with E-state index in [9.17, 15) is 18.0 Å². The molecule has 0 saturated carbocycles. The summed E-state index contributed by atoms with van der Waals surface area (Å²) in [6.07, 6.45) is -4.52. The smallest absolute Gasteiger partial charge is 0.496 e. The standard InChI is InChI=1S/C9H8F3NO3/c1-5-6(4-14)13-8(3-7(5)15-2)16-9(10,11)12/h3-4H,1-2H3. The minimum Gasteiger partial charge on any atom is -0.496 e. The summed E-state index contributed by atoms with van der Waals surface area (Å²) in [4.78, 5) is 14.0. The Hall–Kier alpha value is -1.79. The van der Waals surface area contributed by atoms with Gasteiger partial charge in [0.1, 0.15) is 11.4 Å². The molecule has 1 rings (SSSR count). The van der Waals surface area contributed by atoms with Gasteiger partial charge in [0.05, 0.1) is 7.11 Å². The van der Waals surface area contributed by atoms with Crippen LogP contribution < -0.4 is 9.47 Å². The van der Waals surface area contributed by atoms with Gasteiger partial charge in [0.2, 0.25) is 5.88 Å². The Morgan fingerprint density at radius 3 is 2.50 bits per heavy atom. The summed E-state index contributed by atoms with van der Waals surface area (Å²) in [7, 11) is 1.27. The zero-order valence-electron chi connectivity index (χ0n) is 8.46. The molecule has 0 aliphatic rings. The van der Waals surface area contributed by atoms with Crippen molar-refractivity contribution in [2.75, 3.05) is 7.11 Å². The summed E-state index contributed by atoms with van der Waals surface area (Å²) in [5, 5.41) is 0. The van der Waals surface area contributed by atoms with Gasteiger partial charge in [0.15, 0.2) is 6.29 Å². The maximum absolute atomic E-state index is 11.9. The zero-order chi connectivity index (χ0) is 12.3. The number of aldehydes is 1. The van der Waals surface area contributed by atoms with Crippen LogP contribution in [0.1, 0.15) is 16.1 Å². The van der Waals surface area contributed by atoms with E-state index in [0.29, 0.717) is 11.8 Å². The van der Waals surface area contributed by atoms with Gasteiger partial charge in [-0.25, -0.2) is 4.98 Å². The fraction of sp³-hybridized carbons (Fsp3) is 0.333. The lowest BCUT2D eigenvalue weighted by molar-refractivity contribution is -0.276. The Labute approximate surface area is 89.0 Å². The van der Waals surface area contributed by atoms with Gasteiger partial charge in [-0.05, 0) is 6.92 Å². The first-order valence-corrected chi connectivity index (χ1v) is 4.14. The van der Waals surface area contributed by atoms with Crippen molar-refractivity contribution in [1.29, 1.82) is 0 Å². The first-order chi connectivity index (χ1) is 7.37. The highest BCUT2D eigenvalue weighted by Crippen LogP contribution is 2.27. The molecule has 0 aromatic carbocycles. The zero-order valence-corrected chi connectivity index (χ0v) is 8.46. The van der Waals surface area contributed by atoms with Crippen LogP contribution >= 0.6 is 0 Å². The molecule has 1 aromatic heterocycles. The van der Waals surface area contributed by atoms with Crippen LogP contribution in [0.3, 0.4) is 0 Å². The second-order valence-electron chi connectivity index (χ2n) is 2.84. The van der Waals surface area contributed by atoms with Crippen LogP contribution in [0.5, 0.6) is 11.6 Å². The topological polar surface area (TPSA) is 48.4 Å². The van der Waals surface area contributed by atoms with Gasteiger partial charge in [0.25, 0.3) is 0 Å². The van der Waals surface area contributed by atoms with Crippen LogP contribution in [0.15, 0.2) is 6.07 Å². The first kappa shape index (κ1) is 12.3. The number of methoxy groups -OCH3 is 1. The van der Waals surface area contributed by atoms with E-state index in [1.165, 1.54) is 14.0 Å². The third-order valence-electron chi connectivity index (χ3n) is 1.79. The predicted octanol–water partition coefficient (Wildman–Crippen LogP) is 2.11. The molecule has 0 bridgehead atoms. The largest absolute Gasteiger partial charge is 0.574 e. The molecule has 4 nitrogen and oxygen atoms in total. The lowest BCUT2D eigenvalue weighted by Gasteiger charge is -2.11. The van der Waals surface area contributed by atoms with E-state index in [0.717, 1.165) is 6.07 Å². The first-order valence-electron chi connectivity index (χ1n) is 4.14. The number of aromatic nitrogens is 1. The van der Waals surface area contributed by atoms with Crippen molar-refractivity contribution < 1.29 is 27.4 Å². The van der Waals surface area contributed by atoms with Crippen LogP contribution in [0.2, 0.25) is 0 Å². The highest BCUT2D eigenvalue weighted by atomic mass is 19.4. The molecule has 1 aromatic rings. The number of pyridine rings is 1. The summed E-state index contributed by atoms with van der Waals surface area (Å²) in [6, 6.07) is 0.968. The highest BCUT2D eigenvalue weighted by Gasteiger charge is 2.32. The van der Waals surface area contributed by atoms with Gasteiger partial charge in [-0.15, -0.1) is 13.2 Å². The summed E-state index contributed by atoms with van der Waals surface area (Å²) in [5.74, 6) is -0.617. The number of nitrogens with zero attached hydrogens (tertiary/aromatic N) is 1. The molecule has 0 unspecified atom stereocenters. The van der Waals surface area contributed by atoms with Crippen molar-refractivity contribution in [3.63, 3.8) is 0 Å². The van der Waals surface area contributed by atoms with E-state index in [2.05, 4.69) is 9.72 Å².